The zero-order valence-electron chi connectivity index (χ0n) is 15.4. The number of aryl methyl sites for hydroxylation is 2. The van der Waals surface area contributed by atoms with E-state index < -0.39 is 0 Å². The molecule has 3 heterocycles. The van der Waals surface area contributed by atoms with Crippen molar-refractivity contribution in [3.05, 3.63) is 70.2 Å². The molecule has 0 bridgehead atoms. The lowest BCUT2D eigenvalue weighted by Gasteiger charge is -2.05. The fourth-order valence-corrected chi connectivity index (χ4v) is 4.27. The van der Waals surface area contributed by atoms with E-state index in [1.54, 1.807) is 12.5 Å². The van der Waals surface area contributed by atoms with Gasteiger partial charge in [0.25, 0.3) is 5.91 Å². The zero-order valence-corrected chi connectivity index (χ0v) is 17.0. The highest BCUT2D eigenvalue weighted by molar-refractivity contribution is 7.20. The van der Waals surface area contributed by atoms with Crippen LogP contribution in [0.15, 0.2) is 49.1 Å². The quantitative estimate of drug-likeness (QED) is 0.463. The van der Waals surface area contributed by atoms with Crippen molar-refractivity contribution < 1.29 is 4.79 Å². The van der Waals surface area contributed by atoms with Crippen molar-refractivity contribution in [1.29, 1.82) is 0 Å². The number of imidazole rings is 1. The molecule has 0 fully saturated rings. The minimum absolute atomic E-state index is 0.0377. The molecule has 0 unspecified atom stereocenters. The highest BCUT2D eigenvalue weighted by Gasteiger charge is 2.16. The van der Waals surface area contributed by atoms with Gasteiger partial charge in [-0.15, -0.1) is 11.3 Å². The molecule has 1 amide bonds. The van der Waals surface area contributed by atoms with Crippen LogP contribution in [-0.2, 0) is 13.1 Å². The maximum Gasteiger partial charge on any atom is 0.261 e. The normalized spacial score (nSPS) is 11.2. The number of nitrogens with zero attached hydrogens (tertiary/aromatic N) is 4. The summed E-state index contributed by atoms with van der Waals surface area (Å²) < 4.78 is 3.95. The molecule has 0 radical (unpaired) electrons. The second-order valence-corrected chi connectivity index (χ2v) is 8.08. The van der Waals surface area contributed by atoms with Crippen molar-refractivity contribution in [3.63, 3.8) is 0 Å². The van der Waals surface area contributed by atoms with Crippen LogP contribution in [0, 0.1) is 6.92 Å². The third kappa shape index (κ3) is 4.10. The van der Waals surface area contributed by atoms with Gasteiger partial charge in [0, 0.05) is 35.9 Å². The van der Waals surface area contributed by atoms with Crippen LogP contribution >= 0.6 is 22.9 Å². The van der Waals surface area contributed by atoms with Crippen molar-refractivity contribution in [1.82, 2.24) is 24.6 Å². The molecule has 0 atom stereocenters. The molecule has 28 heavy (non-hydrogen) atoms. The van der Waals surface area contributed by atoms with E-state index in [-0.39, 0.29) is 5.91 Å². The van der Waals surface area contributed by atoms with Gasteiger partial charge in [-0.25, -0.2) is 4.98 Å². The molecule has 3 aromatic heterocycles. The Balaban J connectivity index is 1.43. The predicted molar refractivity (Wildman–Crippen MR) is 112 cm³/mol. The van der Waals surface area contributed by atoms with Gasteiger partial charge in [-0.1, -0.05) is 23.7 Å². The van der Waals surface area contributed by atoms with Gasteiger partial charge in [0.1, 0.15) is 4.83 Å². The SMILES string of the molecule is Cc1nn(Cc2ccc(Cl)cc2)c2sc(C(=O)NCCCn3ccnc3)cc12. The number of halogens is 1. The largest absolute Gasteiger partial charge is 0.351 e. The Morgan fingerprint density at radius 1 is 1.29 bits per heavy atom. The molecule has 0 aliphatic carbocycles. The lowest BCUT2D eigenvalue weighted by Crippen LogP contribution is -2.24. The molecule has 6 nitrogen and oxygen atoms in total. The Bertz CT molecular complexity index is 1080. The molecule has 0 spiro atoms. The standard InChI is InChI=1S/C20H20ClN5OS/c1-14-17-11-18(19(27)23-7-2-9-25-10-8-22-13-25)28-20(17)26(24-14)12-15-3-5-16(21)6-4-15/h3-6,8,10-11,13H,2,7,9,12H2,1H3,(H,23,27). The minimum atomic E-state index is -0.0377. The molecule has 1 aromatic carbocycles. The van der Waals surface area contributed by atoms with Crippen LogP contribution in [0.3, 0.4) is 0 Å². The molecule has 0 saturated carbocycles. The fourth-order valence-electron chi connectivity index (χ4n) is 3.06. The van der Waals surface area contributed by atoms with Crippen LogP contribution in [0.2, 0.25) is 5.02 Å². The van der Waals surface area contributed by atoms with Crippen molar-refractivity contribution in [2.45, 2.75) is 26.4 Å². The van der Waals surface area contributed by atoms with E-state index in [0.29, 0.717) is 23.0 Å². The number of amides is 1. The fraction of sp³-hybridized carbons (Fsp3) is 0.250. The Kier molecular flexibility index (Phi) is 5.45. The first kappa shape index (κ1) is 18.7. The van der Waals surface area contributed by atoms with E-state index >= 15 is 0 Å². The summed E-state index contributed by atoms with van der Waals surface area (Å²) in [7, 11) is 0. The summed E-state index contributed by atoms with van der Waals surface area (Å²) in [6.45, 7) is 4.08. The number of carbonyl (C=O) groups is 1. The van der Waals surface area contributed by atoms with Gasteiger partial charge >= 0.3 is 0 Å². The van der Waals surface area contributed by atoms with E-state index in [1.807, 2.05) is 52.7 Å². The number of nitrogens with one attached hydrogen (secondary N) is 1. The average molecular weight is 414 g/mol. The highest BCUT2D eigenvalue weighted by Crippen LogP contribution is 2.29. The number of fused-ring (bicyclic) bond motifs is 1. The average Bonchev–Trinajstić information content (AvgIpc) is 3.40. The van der Waals surface area contributed by atoms with Crippen LogP contribution in [0.25, 0.3) is 10.2 Å². The van der Waals surface area contributed by atoms with Gasteiger partial charge in [-0.3, -0.25) is 9.48 Å². The number of aromatic nitrogens is 4. The molecule has 4 aromatic rings. The van der Waals surface area contributed by atoms with Gasteiger partial charge in [-0.2, -0.15) is 5.10 Å². The Morgan fingerprint density at radius 3 is 2.86 bits per heavy atom. The first-order valence-electron chi connectivity index (χ1n) is 9.05. The van der Waals surface area contributed by atoms with Crippen LogP contribution in [0.1, 0.15) is 27.3 Å². The minimum Gasteiger partial charge on any atom is -0.351 e. The summed E-state index contributed by atoms with van der Waals surface area (Å²) in [5, 5.41) is 9.37. The van der Waals surface area contributed by atoms with Crippen molar-refractivity contribution in [2.24, 2.45) is 0 Å². The summed E-state index contributed by atoms with van der Waals surface area (Å²) in [6, 6.07) is 9.67. The van der Waals surface area contributed by atoms with Gasteiger partial charge < -0.3 is 9.88 Å². The first-order chi connectivity index (χ1) is 13.6. The lowest BCUT2D eigenvalue weighted by atomic mass is 10.2. The second kappa shape index (κ2) is 8.16. The second-order valence-electron chi connectivity index (χ2n) is 6.61. The van der Waals surface area contributed by atoms with Crippen LogP contribution < -0.4 is 5.32 Å². The van der Waals surface area contributed by atoms with Crippen molar-refractivity contribution in [2.75, 3.05) is 6.54 Å². The number of thiophene rings is 1. The molecule has 0 aliphatic rings. The zero-order chi connectivity index (χ0) is 19.5. The molecular formula is C20H20ClN5OS. The molecule has 0 aliphatic heterocycles. The number of hydrogen-bond donors (Lipinski definition) is 1. The number of hydrogen-bond acceptors (Lipinski definition) is 4. The molecule has 144 valence electrons. The summed E-state index contributed by atoms with van der Waals surface area (Å²) in [5.41, 5.74) is 2.05. The summed E-state index contributed by atoms with van der Waals surface area (Å²) in [5.74, 6) is -0.0377. The topological polar surface area (TPSA) is 64.7 Å². The number of rotatable bonds is 7. The predicted octanol–water partition coefficient (Wildman–Crippen LogP) is 4.12. The lowest BCUT2D eigenvalue weighted by molar-refractivity contribution is 0.0957. The van der Waals surface area contributed by atoms with E-state index in [1.165, 1.54) is 11.3 Å². The van der Waals surface area contributed by atoms with Crippen molar-refractivity contribution in [3.8, 4) is 0 Å². The number of carbonyl (C=O) groups excluding carboxylic acids is 1. The smallest absolute Gasteiger partial charge is 0.261 e. The Morgan fingerprint density at radius 2 is 2.11 bits per heavy atom. The third-order valence-corrected chi connectivity index (χ3v) is 5.91. The molecule has 1 N–H and O–H groups in total. The Hall–Kier alpha value is -2.64. The van der Waals surface area contributed by atoms with E-state index in [0.717, 1.165) is 34.4 Å². The molecule has 4 rings (SSSR count). The van der Waals surface area contributed by atoms with Crippen LogP contribution in [0.4, 0.5) is 0 Å². The van der Waals surface area contributed by atoms with Gasteiger partial charge in [0.05, 0.1) is 23.4 Å². The van der Waals surface area contributed by atoms with Crippen LogP contribution in [0.5, 0.6) is 0 Å². The first-order valence-corrected chi connectivity index (χ1v) is 10.2. The van der Waals surface area contributed by atoms with Gasteiger partial charge in [0.15, 0.2) is 0 Å². The molecule has 8 heteroatoms. The van der Waals surface area contributed by atoms with Crippen LogP contribution in [-0.4, -0.2) is 31.8 Å². The summed E-state index contributed by atoms with van der Waals surface area (Å²) in [4.78, 5) is 18.3. The van der Waals surface area contributed by atoms with E-state index in [2.05, 4.69) is 15.4 Å². The van der Waals surface area contributed by atoms with E-state index in [4.69, 9.17) is 11.6 Å². The van der Waals surface area contributed by atoms with Crippen molar-refractivity contribution >= 4 is 39.1 Å². The summed E-state index contributed by atoms with van der Waals surface area (Å²) in [6.07, 6.45) is 6.31. The Labute approximate surface area is 171 Å². The molecule has 0 saturated heterocycles. The highest BCUT2D eigenvalue weighted by atomic mass is 35.5. The maximum atomic E-state index is 12.5. The summed E-state index contributed by atoms with van der Waals surface area (Å²) >= 11 is 7.44. The monoisotopic (exact) mass is 413 g/mol. The van der Waals surface area contributed by atoms with E-state index in [9.17, 15) is 4.79 Å². The number of benzene rings is 1. The van der Waals surface area contributed by atoms with Gasteiger partial charge in [0.2, 0.25) is 0 Å². The van der Waals surface area contributed by atoms with Gasteiger partial charge in [-0.05, 0) is 37.1 Å². The maximum absolute atomic E-state index is 12.5. The molecular weight excluding hydrogens is 394 g/mol. The third-order valence-electron chi connectivity index (χ3n) is 4.51.